The normalized spacial score (nSPS) is 21.3. The fourth-order valence-electron chi connectivity index (χ4n) is 2.89. The zero-order valence-electron chi connectivity index (χ0n) is 12.4. The van der Waals surface area contributed by atoms with Crippen molar-refractivity contribution in [2.45, 2.75) is 44.4 Å². The lowest BCUT2D eigenvalue weighted by molar-refractivity contribution is 0.130. The van der Waals surface area contributed by atoms with Gasteiger partial charge in [-0.05, 0) is 31.2 Å². The summed E-state index contributed by atoms with van der Waals surface area (Å²) in [5.74, 6) is 0. The first-order chi connectivity index (χ1) is 10.8. The van der Waals surface area contributed by atoms with Crippen LogP contribution in [0.15, 0.2) is 43.0 Å². The Morgan fingerprint density at radius 3 is 2.77 bits per heavy atom. The van der Waals surface area contributed by atoms with Gasteiger partial charge in [-0.15, -0.1) is 10.2 Å². The topological polar surface area (TPSA) is 69.0 Å². The molecule has 0 aliphatic heterocycles. The number of alkyl carbamates (subject to hydrolysis) is 1. The Morgan fingerprint density at radius 2 is 2.00 bits per heavy atom. The molecule has 6 heteroatoms. The van der Waals surface area contributed by atoms with Gasteiger partial charge in [0.05, 0.1) is 0 Å². The number of carbonyl (C=O) groups excluding carboxylic acids is 1. The van der Waals surface area contributed by atoms with Crippen LogP contribution in [0.2, 0.25) is 0 Å². The fraction of sp³-hybridized carbons (Fsp3) is 0.438. The number of nitrogens with zero attached hydrogens (tertiary/aromatic N) is 3. The van der Waals surface area contributed by atoms with E-state index in [1.54, 1.807) is 12.7 Å². The minimum atomic E-state index is -0.349. The van der Waals surface area contributed by atoms with Crippen molar-refractivity contribution in [3.63, 3.8) is 0 Å². The van der Waals surface area contributed by atoms with Crippen molar-refractivity contribution in [1.29, 1.82) is 0 Å². The molecule has 1 N–H and O–H groups in total. The first-order valence-corrected chi connectivity index (χ1v) is 7.62. The number of carbonyl (C=O) groups is 1. The number of nitrogens with one attached hydrogen (secondary N) is 1. The summed E-state index contributed by atoms with van der Waals surface area (Å²) in [6.07, 6.45) is 7.17. The molecule has 2 atom stereocenters. The molecule has 6 nitrogen and oxygen atoms in total. The van der Waals surface area contributed by atoms with Crippen molar-refractivity contribution in [3.8, 4) is 0 Å². The van der Waals surface area contributed by atoms with Gasteiger partial charge in [-0.2, -0.15) is 0 Å². The van der Waals surface area contributed by atoms with E-state index in [-0.39, 0.29) is 12.1 Å². The van der Waals surface area contributed by atoms with E-state index in [0.29, 0.717) is 12.6 Å². The molecule has 0 saturated heterocycles. The first kappa shape index (κ1) is 14.6. The van der Waals surface area contributed by atoms with Gasteiger partial charge in [-0.1, -0.05) is 30.3 Å². The van der Waals surface area contributed by atoms with Gasteiger partial charge in [-0.3, -0.25) is 0 Å². The molecule has 22 heavy (non-hydrogen) atoms. The van der Waals surface area contributed by atoms with Crippen LogP contribution in [0, 0.1) is 0 Å². The number of rotatable bonds is 4. The maximum absolute atomic E-state index is 11.9. The lowest BCUT2D eigenvalue weighted by atomic mass is 9.91. The molecule has 116 valence electrons. The van der Waals surface area contributed by atoms with Crippen LogP contribution in [-0.4, -0.2) is 26.9 Å². The number of hydrogen-bond acceptors (Lipinski definition) is 4. The second kappa shape index (κ2) is 7.06. The molecule has 0 spiro atoms. The highest BCUT2D eigenvalue weighted by molar-refractivity contribution is 5.67. The Labute approximate surface area is 129 Å². The summed E-state index contributed by atoms with van der Waals surface area (Å²) in [7, 11) is 0. The van der Waals surface area contributed by atoms with E-state index in [9.17, 15) is 4.79 Å². The number of amides is 1. The standard InChI is InChI=1S/C16H20N4O2/c21-16(22-10-13-5-2-1-3-6-13)19-14-7-4-8-15(9-14)20-11-17-18-12-20/h1-3,5-6,11-12,14-15H,4,7-10H2,(H,19,21). The molecule has 1 aliphatic rings. The van der Waals surface area contributed by atoms with E-state index in [1.807, 2.05) is 34.9 Å². The van der Waals surface area contributed by atoms with E-state index >= 15 is 0 Å². The summed E-state index contributed by atoms with van der Waals surface area (Å²) >= 11 is 0. The Morgan fingerprint density at radius 1 is 1.23 bits per heavy atom. The van der Waals surface area contributed by atoms with Crippen molar-refractivity contribution >= 4 is 6.09 Å². The molecular weight excluding hydrogens is 280 g/mol. The molecule has 1 saturated carbocycles. The maximum Gasteiger partial charge on any atom is 0.407 e. The van der Waals surface area contributed by atoms with Crippen LogP contribution in [0.1, 0.15) is 37.3 Å². The Hall–Kier alpha value is -2.37. The fourth-order valence-corrected chi connectivity index (χ4v) is 2.89. The van der Waals surface area contributed by atoms with Crippen LogP contribution in [0.5, 0.6) is 0 Å². The summed E-state index contributed by atoms with van der Waals surface area (Å²) in [6.45, 7) is 0.300. The predicted molar refractivity (Wildman–Crippen MR) is 81.1 cm³/mol. The second-order valence-electron chi connectivity index (χ2n) is 5.63. The molecule has 1 fully saturated rings. The minimum Gasteiger partial charge on any atom is -0.445 e. The van der Waals surface area contributed by atoms with Gasteiger partial charge in [-0.25, -0.2) is 4.79 Å². The monoisotopic (exact) mass is 300 g/mol. The molecule has 1 aliphatic carbocycles. The van der Waals surface area contributed by atoms with Gasteiger partial charge in [0.1, 0.15) is 19.3 Å². The van der Waals surface area contributed by atoms with E-state index in [2.05, 4.69) is 15.5 Å². The number of ether oxygens (including phenoxy) is 1. The quantitative estimate of drug-likeness (QED) is 0.942. The van der Waals surface area contributed by atoms with Crippen molar-refractivity contribution in [2.75, 3.05) is 0 Å². The van der Waals surface area contributed by atoms with Crippen molar-refractivity contribution in [2.24, 2.45) is 0 Å². The van der Waals surface area contributed by atoms with E-state index in [1.165, 1.54) is 0 Å². The van der Waals surface area contributed by atoms with Crippen LogP contribution in [0.3, 0.4) is 0 Å². The number of hydrogen-bond donors (Lipinski definition) is 1. The van der Waals surface area contributed by atoms with Crippen LogP contribution >= 0.6 is 0 Å². The molecule has 1 heterocycles. The van der Waals surface area contributed by atoms with Gasteiger partial charge in [0.2, 0.25) is 0 Å². The van der Waals surface area contributed by atoms with Crippen LogP contribution in [0.25, 0.3) is 0 Å². The van der Waals surface area contributed by atoms with Crippen LogP contribution in [-0.2, 0) is 11.3 Å². The SMILES string of the molecule is O=C(NC1CCCC(n2cnnc2)C1)OCc1ccccc1. The molecule has 0 radical (unpaired) electrons. The predicted octanol–water partition coefficient (Wildman–Crippen LogP) is 2.69. The molecule has 3 rings (SSSR count). The Kier molecular flexibility index (Phi) is 4.68. The summed E-state index contributed by atoms with van der Waals surface area (Å²) in [4.78, 5) is 11.9. The van der Waals surface area contributed by atoms with E-state index in [0.717, 1.165) is 31.2 Å². The number of aromatic nitrogens is 3. The summed E-state index contributed by atoms with van der Waals surface area (Å²) in [5.41, 5.74) is 0.990. The van der Waals surface area contributed by atoms with E-state index < -0.39 is 0 Å². The molecule has 0 bridgehead atoms. The summed E-state index contributed by atoms with van der Waals surface area (Å²) < 4.78 is 7.29. The highest BCUT2D eigenvalue weighted by Crippen LogP contribution is 2.28. The van der Waals surface area contributed by atoms with Gasteiger partial charge >= 0.3 is 6.09 Å². The minimum absolute atomic E-state index is 0.143. The zero-order chi connectivity index (χ0) is 15.2. The summed E-state index contributed by atoms with van der Waals surface area (Å²) in [5, 5.41) is 10.7. The Bertz CT molecular complexity index is 585. The van der Waals surface area contributed by atoms with Gasteiger partial charge in [0.15, 0.2) is 0 Å². The highest BCUT2D eigenvalue weighted by Gasteiger charge is 2.24. The number of benzene rings is 1. The third-order valence-electron chi connectivity index (χ3n) is 4.04. The molecular formula is C16H20N4O2. The van der Waals surface area contributed by atoms with Gasteiger partial charge in [0, 0.05) is 12.1 Å². The lowest BCUT2D eigenvalue weighted by Gasteiger charge is -2.29. The molecule has 2 aromatic rings. The third-order valence-corrected chi connectivity index (χ3v) is 4.04. The Balaban J connectivity index is 1.47. The van der Waals surface area contributed by atoms with Crippen molar-refractivity contribution in [1.82, 2.24) is 20.1 Å². The first-order valence-electron chi connectivity index (χ1n) is 7.62. The van der Waals surface area contributed by atoms with Crippen LogP contribution < -0.4 is 5.32 Å². The average molecular weight is 300 g/mol. The maximum atomic E-state index is 11.9. The molecule has 2 unspecified atom stereocenters. The zero-order valence-corrected chi connectivity index (χ0v) is 12.4. The average Bonchev–Trinajstić information content (AvgIpc) is 3.09. The van der Waals surface area contributed by atoms with Crippen LogP contribution in [0.4, 0.5) is 4.79 Å². The molecule has 1 aromatic carbocycles. The third kappa shape index (κ3) is 3.84. The van der Waals surface area contributed by atoms with Crippen molar-refractivity contribution < 1.29 is 9.53 Å². The lowest BCUT2D eigenvalue weighted by Crippen LogP contribution is -2.39. The highest BCUT2D eigenvalue weighted by atomic mass is 16.5. The van der Waals surface area contributed by atoms with Gasteiger partial charge < -0.3 is 14.6 Å². The largest absolute Gasteiger partial charge is 0.445 e. The summed E-state index contributed by atoms with van der Waals surface area (Å²) in [6, 6.07) is 10.2. The smallest absolute Gasteiger partial charge is 0.407 e. The molecule has 1 aromatic heterocycles. The van der Waals surface area contributed by atoms with E-state index in [4.69, 9.17) is 4.74 Å². The van der Waals surface area contributed by atoms with Gasteiger partial charge in [0.25, 0.3) is 0 Å². The second-order valence-corrected chi connectivity index (χ2v) is 5.63. The molecule has 1 amide bonds. The van der Waals surface area contributed by atoms with Crippen molar-refractivity contribution in [3.05, 3.63) is 48.5 Å².